The lowest BCUT2D eigenvalue weighted by molar-refractivity contribution is -0.133. The van der Waals surface area contributed by atoms with Gasteiger partial charge in [-0.25, -0.2) is 0 Å². The highest BCUT2D eigenvalue weighted by Crippen LogP contribution is 2.24. The standard InChI is InChI=1S/C16H26N2O3/c1-3-14(20-4-2)16(19)17-12-13(15-8-7-11-21-15)18-9-5-6-10-18/h7-8,11,13-14H,3-6,9-10,12H2,1-2H3,(H,17,19). The van der Waals surface area contributed by atoms with Crippen LogP contribution in [0.15, 0.2) is 22.8 Å². The second-order valence-corrected chi connectivity index (χ2v) is 5.37. The molecular formula is C16H26N2O3. The van der Waals surface area contributed by atoms with E-state index in [0.29, 0.717) is 19.6 Å². The van der Waals surface area contributed by atoms with Crippen molar-refractivity contribution >= 4 is 5.91 Å². The summed E-state index contributed by atoms with van der Waals surface area (Å²) in [6, 6.07) is 4.00. The lowest BCUT2D eigenvalue weighted by Crippen LogP contribution is -2.41. The Kier molecular flexibility index (Phi) is 6.26. The first-order valence-corrected chi connectivity index (χ1v) is 7.93. The van der Waals surface area contributed by atoms with Crippen LogP contribution in [0, 0.1) is 0 Å². The zero-order valence-electron chi connectivity index (χ0n) is 13.0. The molecule has 2 rings (SSSR count). The van der Waals surface area contributed by atoms with E-state index in [4.69, 9.17) is 9.15 Å². The van der Waals surface area contributed by atoms with Crippen LogP contribution in [-0.4, -0.2) is 43.2 Å². The van der Waals surface area contributed by atoms with Gasteiger partial charge in [0.05, 0.1) is 12.3 Å². The van der Waals surface area contributed by atoms with Gasteiger partial charge in [-0.3, -0.25) is 9.69 Å². The lowest BCUT2D eigenvalue weighted by atomic mass is 10.2. The lowest BCUT2D eigenvalue weighted by Gasteiger charge is -2.26. The molecule has 2 atom stereocenters. The fourth-order valence-electron chi connectivity index (χ4n) is 2.83. The minimum Gasteiger partial charge on any atom is -0.468 e. The molecule has 0 aliphatic carbocycles. The van der Waals surface area contributed by atoms with Crippen LogP contribution >= 0.6 is 0 Å². The number of hydrogen-bond acceptors (Lipinski definition) is 4. The molecule has 1 N–H and O–H groups in total. The van der Waals surface area contributed by atoms with E-state index in [0.717, 1.165) is 18.8 Å². The molecular weight excluding hydrogens is 268 g/mol. The van der Waals surface area contributed by atoms with Crippen molar-refractivity contribution in [3.63, 3.8) is 0 Å². The second kappa shape index (κ2) is 8.20. The summed E-state index contributed by atoms with van der Waals surface area (Å²) >= 11 is 0. The molecule has 1 aliphatic heterocycles. The van der Waals surface area contributed by atoms with Crippen molar-refractivity contribution in [3.05, 3.63) is 24.2 Å². The smallest absolute Gasteiger partial charge is 0.249 e. The van der Waals surface area contributed by atoms with Crippen LogP contribution < -0.4 is 5.32 Å². The third-order valence-electron chi connectivity index (χ3n) is 3.95. The molecule has 2 heterocycles. The predicted molar refractivity (Wildman–Crippen MR) is 81.0 cm³/mol. The largest absolute Gasteiger partial charge is 0.468 e. The Balaban J connectivity index is 1.94. The van der Waals surface area contributed by atoms with E-state index in [-0.39, 0.29) is 18.1 Å². The molecule has 0 aromatic carbocycles. The maximum absolute atomic E-state index is 12.2. The van der Waals surface area contributed by atoms with Crippen molar-refractivity contribution in [2.24, 2.45) is 0 Å². The first kappa shape index (κ1) is 16.0. The summed E-state index contributed by atoms with van der Waals surface area (Å²) in [7, 11) is 0. The quantitative estimate of drug-likeness (QED) is 0.799. The van der Waals surface area contributed by atoms with Gasteiger partial charge in [0.2, 0.25) is 5.91 Å². The first-order valence-electron chi connectivity index (χ1n) is 7.93. The number of amides is 1. The van der Waals surface area contributed by atoms with E-state index >= 15 is 0 Å². The number of hydrogen-bond donors (Lipinski definition) is 1. The molecule has 1 saturated heterocycles. The highest BCUT2D eigenvalue weighted by molar-refractivity contribution is 5.80. The topological polar surface area (TPSA) is 54.7 Å². The molecule has 1 aliphatic rings. The van der Waals surface area contributed by atoms with Gasteiger partial charge in [-0.15, -0.1) is 0 Å². The van der Waals surface area contributed by atoms with Gasteiger partial charge in [0.15, 0.2) is 0 Å². The van der Waals surface area contributed by atoms with Crippen molar-refractivity contribution in [2.75, 3.05) is 26.2 Å². The van der Waals surface area contributed by atoms with Crippen molar-refractivity contribution in [1.29, 1.82) is 0 Å². The molecule has 0 spiro atoms. The monoisotopic (exact) mass is 294 g/mol. The number of nitrogens with one attached hydrogen (secondary N) is 1. The molecule has 1 aromatic heterocycles. The van der Waals surface area contributed by atoms with Crippen molar-refractivity contribution in [1.82, 2.24) is 10.2 Å². The number of nitrogens with zero attached hydrogens (tertiary/aromatic N) is 1. The van der Waals surface area contributed by atoms with Gasteiger partial charge < -0.3 is 14.5 Å². The zero-order chi connectivity index (χ0) is 15.1. The normalized spacial score (nSPS) is 18.6. The van der Waals surface area contributed by atoms with E-state index < -0.39 is 0 Å². The highest BCUT2D eigenvalue weighted by Gasteiger charge is 2.27. The van der Waals surface area contributed by atoms with E-state index in [1.54, 1.807) is 6.26 Å². The number of carbonyl (C=O) groups is 1. The van der Waals surface area contributed by atoms with E-state index in [2.05, 4.69) is 10.2 Å². The van der Waals surface area contributed by atoms with Gasteiger partial charge in [0.1, 0.15) is 11.9 Å². The maximum atomic E-state index is 12.2. The minimum atomic E-state index is -0.356. The van der Waals surface area contributed by atoms with Gasteiger partial charge in [-0.05, 0) is 51.4 Å². The Labute approximate surface area is 126 Å². The summed E-state index contributed by atoms with van der Waals surface area (Å²) in [4.78, 5) is 14.5. The van der Waals surface area contributed by atoms with Crippen LogP contribution in [0.25, 0.3) is 0 Å². The SMILES string of the molecule is CCOC(CC)C(=O)NCC(c1ccco1)N1CCCC1. The first-order chi connectivity index (χ1) is 10.3. The molecule has 1 fully saturated rings. The molecule has 0 bridgehead atoms. The molecule has 1 amide bonds. The number of likely N-dealkylation sites (tertiary alicyclic amines) is 1. The third kappa shape index (κ3) is 4.32. The highest BCUT2D eigenvalue weighted by atomic mass is 16.5. The van der Waals surface area contributed by atoms with E-state index in [1.807, 2.05) is 26.0 Å². The van der Waals surface area contributed by atoms with Crippen LogP contribution in [0.4, 0.5) is 0 Å². The fourth-order valence-corrected chi connectivity index (χ4v) is 2.83. The fraction of sp³-hybridized carbons (Fsp3) is 0.688. The van der Waals surface area contributed by atoms with Gasteiger partial charge >= 0.3 is 0 Å². The minimum absolute atomic E-state index is 0.0323. The van der Waals surface area contributed by atoms with Crippen molar-refractivity contribution in [2.45, 2.75) is 45.3 Å². The average molecular weight is 294 g/mol. The number of furan rings is 1. The molecule has 0 radical (unpaired) electrons. The summed E-state index contributed by atoms with van der Waals surface area (Å²) in [5, 5.41) is 3.02. The Bertz CT molecular complexity index is 413. The van der Waals surface area contributed by atoms with Crippen molar-refractivity contribution in [3.8, 4) is 0 Å². The van der Waals surface area contributed by atoms with Crippen LogP contribution in [0.5, 0.6) is 0 Å². The van der Waals surface area contributed by atoms with Gasteiger partial charge in [-0.1, -0.05) is 6.92 Å². The van der Waals surface area contributed by atoms with Gasteiger partial charge in [0.25, 0.3) is 0 Å². The Morgan fingerprint density at radius 3 is 2.76 bits per heavy atom. The Morgan fingerprint density at radius 2 is 2.19 bits per heavy atom. The summed E-state index contributed by atoms with van der Waals surface area (Å²) < 4.78 is 11.0. The molecule has 0 saturated carbocycles. The average Bonchev–Trinajstić information content (AvgIpc) is 3.18. The molecule has 5 heteroatoms. The molecule has 2 unspecified atom stereocenters. The summed E-state index contributed by atoms with van der Waals surface area (Å²) in [5.41, 5.74) is 0. The van der Waals surface area contributed by atoms with Crippen LogP contribution in [-0.2, 0) is 9.53 Å². The summed E-state index contributed by atoms with van der Waals surface area (Å²) in [6.07, 6.45) is 4.44. The second-order valence-electron chi connectivity index (χ2n) is 5.37. The Hall–Kier alpha value is -1.33. The Morgan fingerprint density at radius 1 is 1.43 bits per heavy atom. The van der Waals surface area contributed by atoms with Crippen LogP contribution in [0.2, 0.25) is 0 Å². The van der Waals surface area contributed by atoms with E-state index in [9.17, 15) is 4.79 Å². The molecule has 21 heavy (non-hydrogen) atoms. The number of rotatable bonds is 8. The van der Waals surface area contributed by atoms with E-state index in [1.165, 1.54) is 12.8 Å². The molecule has 118 valence electrons. The zero-order valence-corrected chi connectivity index (χ0v) is 13.0. The summed E-state index contributed by atoms with van der Waals surface area (Å²) in [5.74, 6) is 0.886. The molecule has 1 aromatic rings. The molecule has 5 nitrogen and oxygen atoms in total. The van der Waals surface area contributed by atoms with Gasteiger partial charge in [-0.2, -0.15) is 0 Å². The predicted octanol–water partition coefficient (Wildman–Crippen LogP) is 2.35. The van der Waals surface area contributed by atoms with Crippen LogP contribution in [0.1, 0.15) is 44.9 Å². The van der Waals surface area contributed by atoms with Crippen LogP contribution in [0.3, 0.4) is 0 Å². The number of carbonyl (C=O) groups excluding carboxylic acids is 1. The maximum Gasteiger partial charge on any atom is 0.249 e. The third-order valence-corrected chi connectivity index (χ3v) is 3.95. The number of ether oxygens (including phenoxy) is 1. The van der Waals surface area contributed by atoms with Crippen molar-refractivity contribution < 1.29 is 13.9 Å². The summed E-state index contributed by atoms with van der Waals surface area (Å²) in [6.45, 7) is 7.11. The van der Waals surface area contributed by atoms with Gasteiger partial charge in [0, 0.05) is 13.2 Å².